The second kappa shape index (κ2) is 6.32. The Hall–Kier alpha value is -1.36. The number of esters is 1. The number of ether oxygens (including phenoxy) is 1. The topological polar surface area (TPSA) is 80.7 Å². The van der Waals surface area contributed by atoms with E-state index >= 15 is 0 Å². The predicted molar refractivity (Wildman–Crippen MR) is 104 cm³/mol. The molecule has 6 heteroatoms. The van der Waals surface area contributed by atoms with Crippen LogP contribution in [0, 0.1) is 45.8 Å². The standard InChI is InChI=1S/C22H29ClO5/c1-12(2)17-6-14-7-20(10-24)16-5-4-13(3)15(16)8-21(14,11-28-18(25)9-23)22(17,20)19(26)27/h6,10,12-16H,4-5,7-9,11H2,1-3H3,(H,26,27). The van der Waals surface area contributed by atoms with Crippen LogP contribution in [0.25, 0.3) is 0 Å². The van der Waals surface area contributed by atoms with Gasteiger partial charge in [0.2, 0.25) is 0 Å². The lowest BCUT2D eigenvalue weighted by Gasteiger charge is -2.58. The van der Waals surface area contributed by atoms with E-state index in [9.17, 15) is 19.5 Å². The summed E-state index contributed by atoms with van der Waals surface area (Å²) in [6, 6.07) is 0. The molecule has 3 fully saturated rings. The van der Waals surface area contributed by atoms with Gasteiger partial charge in [-0.05, 0) is 48.9 Å². The van der Waals surface area contributed by atoms with Crippen molar-refractivity contribution in [2.45, 2.75) is 46.5 Å². The van der Waals surface area contributed by atoms with Crippen LogP contribution in [0.5, 0.6) is 0 Å². The predicted octanol–water partition coefficient (Wildman–Crippen LogP) is 3.69. The molecule has 4 aliphatic carbocycles. The summed E-state index contributed by atoms with van der Waals surface area (Å²) in [5, 5.41) is 10.7. The van der Waals surface area contributed by atoms with Gasteiger partial charge in [0.05, 0.1) is 12.0 Å². The van der Waals surface area contributed by atoms with Crippen LogP contribution >= 0.6 is 11.6 Å². The van der Waals surface area contributed by atoms with Crippen LogP contribution in [-0.2, 0) is 19.1 Å². The summed E-state index contributed by atoms with van der Waals surface area (Å²) in [5.74, 6) is -0.957. The van der Waals surface area contributed by atoms with Crippen molar-refractivity contribution < 1.29 is 24.2 Å². The first-order chi connectivity index (χ1) is 13.2. The summed E-state index contributed by atoms with van der Waals surface area (Å²) in [4.78, 5) is 37.8. The first-order valence-electron chi connectivity index (χ1n) is 10.4. The second-order valence-electron chi connectivity index (χ2n) is 9.78. The molecule has 0 radical (unpaired) electrons. The van der Waals surface area contributed by atoms with Gasteiger partial charge in [0, 0.05) is 5.41 Å². The number of hydrogen-bond acceptors (Lipinski definition) is 4. The number of aldehydes is 1. The molecule has 5 nitrogen and oxygen atoms in total. The molecular formula is C22H29ClO5. The van der Waals surface area contributed by atoms with Crippen molar-refractivity contribution in [3.8, 4) is 0 Å². The average molecular weight is 409 g/mol. The first-order valence-corrected chi connectivity index (χ1v) is 10.9. The van der Waals surface area contributed by atoms with Gasteiger partial charge in [-0.15, -0.1) is 11.6 Å². The quantitative estimate of drug-likeness (QED) is 0.314. The van der Waals surface area contributed by atoms with Gasteiger partial charge in [0.25, 0.3) is 0 Å². The number of halogens is 1. The number of allylic oxidation sites excluding steroid dienone is 1. The molecule has 0 heterocycles. The van der Waals surface area contributed by atoms with Crippen LogP contribution in [-0.4, -0.2) is 35.8 Å². The normalized spacial score (nSPS) is 45.7. The molecule has 4 bridgehead atoms. The van der Waals surface area contributed by atoms with Crippen LogP contribution in [0.2, 0.25) is 0 Å². The SMILES string of the molecule is CC(C)C1=CC2CC3(C=O)C4CCC(C)C4CC2(COC(=O)CCl)C13C(=O)O. The van der Waals surface area contributed by atoms with Gasteiger partial charge in [0.1, 0.15) is 17.6 Å². The zero-order chi connectivity index (χ0) is 20.5. The maximum Gasteiger partial charge on any atom is 0.320 e. The van der Waals surface area contributed by atoms with Gasteiger partial charge in [-0.2, -0.15) is 0 Å². The number of carboxylic acids is 1. The minimum atomic E-state index is -1.29. The molecule has 0 amide bonds. The first kappa shape index (κ1) is 19.9. The molecule has 3 saturated carbocycles. The fraction of sp³-hybridized carbons (Fsp3) is 0.773. The van der Waals surface area contributed by atoms with Crippen LogP contribution in [0.3, 0.4) is 0 Å². The minimum absolute atomic E-state index is 0.0132. The molecule has 1 N–H and O–H groups in total. The Bertz CT molecular complexity index is 760. The van der Waals surface area contributed by atoms with Gasteiger partial charge in [0.15, 0.2) is 0 Å². The van der Waals surface area contributed by atoms with Crippen LogP contribution in [0.15, 0.2) is 11.6 Å². The molecule has 0 aliphatic heterocycles. The Kier molecular flexibility index (Phi) is 4.50. The summed E-state index contributed by atoms with van der Waals surface area (Å²) in [6.45, 7) is 6.23. The van der Waals surface area contributed by atoms with Crippen LogP contribution < -0.4 is 0 Å². The van der Waals surface area contributed by atoms with Crippen molar-refractivity contribution in [3.63, 3.8) is 0 Å². The van der Waals surface area contributed by atoms with Crippen molar-refractivity contribution >= 4 is 29.8 Å². The Morgan fingerprint density at radius 3 is 2.64 bits per heavy atom. The van der Waals surface area contributed by atoms with E-state index in [4.69, 9.17) is 16.3 Å². The molecule has 0 spiro atoms. The number of carboxylic acid groups (broad SMARTS) is 1. The van der Waals surface area contributed by atoms with E-state index in [1.54, 1.807) is 0 Å². The Morgan fingerprint density at radius 1 is 1.36 bits per heavy atom. The third-order valence-electron chi connectivity index (χ3n) is 8.72. The van der Waals surface area contributed by atoms with E-state index in [0.29, 0.717) is 18.8 Å². The van der Waals surface area contributed by atoms with Crippen molar-refractivity contribution in [2.75, 3.05) is 12.5 Å². The molecule has 0 aromatic carbocycles. The maximum absolute atomic E-state index is 13.1. The van der Waals surface area contributed by atoms with E-state index in [0.717, 1.165) is 24.7 Å². The summed E-state index contributed by atoms with van der Waals surface area (Å²) in [6.07, 6.45) is 6.22. The number of alkyl halides is 1. The molecule has 0 aromatic heterocycles. The fourth-order valence-electron chi connectivity index (χ4n) is 7.88. The largest absolute Gasteiger partial charge is 0.481 e. The zero-order valence-corrected chi connectivity index (χ0v) is 17.5. The molecule has 0 saturated heterocycles. The van der Waals surface area contributed by atoms with Gasteiger partial charge in [-0.25, -0.2) is 0 Å². The Balaban J connectivity index is 1.94. The number of carbonyl (C=O) groups excluding carboxylic acids is 2. The number of hydrogen-bond donors (Lipinski definition) is 1. The molecule has 7 unspecified atom stereocenters. The Labute approximate surface area is 170 Å². The molecular weight excluding hydrogens is 380 g/mol. The van der Waals surface area contributed by atoms with Gasteiger partial charge in [-0.1, -0.05) is 38.8 Å². The smallest absolute Gasteiger partial charge is 0.320 e. The third kappa shape index (κ3) is 2.02. The molecule has 4 aliphatic rings. The van der Waals surface area contributed by atoms with E-state index in [1.165, 1.54) is 0 Å². The minimum Gasteiger partial charge on any atom is -0.481 e. The lowest BCUT2D eigenvalue weighted by atomic mass is 9.43. The van der Waals surface area contributed by atoms with Crippen molar-refractivity contribution in [3.05, 3.63) is 11.6 Å². The summed E-state index contributed by atoms with van der Waals surface area (Å²) in [7, 11) is 0. The fourth-order valence-corrected chi connectivity index (χ4v) is 7.96. The highest BCUT2D eigenvalue weighted by Crippen LogP contribution is 2.82. The highest BCUT2D eigenvalue weighted by molar-refractivity contribution is 6.26. The lowest BCUT2D eigenvalue weighted by Crippen LogP contribution is -2.63. The molecule has 154 valence electrons. The van der Waals surface area contributed by atoms with E-state index in [1.807, 2.05) is 13.8 Å². The van der Waals surface area contributed by atoms with E-state index < -0.39 is 28.2 Å². The summed E-state index contributed by atoms with van der Waals surface area (Å²) < 4.78 is 5.53. The van der Waals surface area contributed by atoms with Gasteiger partial charge >= 0.3 is 11.9 Å². The molecule has 28 heavy (non-hydrogen) atoms. The molecule has 7 atom stereocenters. The second-order valence-corrected chi connectivity index (χ2v) is 10.0. The van der Waals surface area contributed by atoms with Crippen molar-refractivity contribution in [1.29, 1.82) is 0 Å². The highest BCUT2D eigenvalue weighted by atomic mass is 35.5. The Morgan fingerprint density at radius 2 is 2.07 bits per heavy atom. The van der Waals surface area contributed by atoms with Gasteiger partial charge < -0.3 is 14.6 Å². The van der Waals surface area contributed by atoms with E-state index in [2.05, 4.69) is 13.0 Å². The molecule has 4 rings (SSSR count). The van der Waals surface area contributed by atoms with Crippen LogP contribution in [0.1, 0.15) is 46.5 Å². The number of carbonyl (C=O) groups is 3. The van der Waals surface area contributed by atoms with Crippen LogP contribution in [0.4, 0.5) is 0 Å². The summed E-state index contributed by atoms with van der Waals surface area (Å²) in [5.41, 5.74) is -2.12. The maximum atomic E-state index is 13.1. The molecule has 0 aromatic rings. The van der Waals surface area contributed by atoms with Crippen molar-refractivity contribution in [2.24, 2.45) is 45.8 Å². The van der Waals surface area contributed by atoms with E-state index in [-0.39, 0.29) is 36.2 Å². The highest BCUT2D eigenvalue weighted by Gasteiger charge is 2.84. The summed E-state index contributed by atoms with van der Waals surface area (Å²) >= 11 is 5.64. The van der Waals surface area contributed by atoms with Crippen molar-refractivity contribution in [1.82, 2.24) is 0 Å². The zero-order valence-electron chi connectivity index (χ0n) is 16.7. The number of aliphatic carboxylic acids is 1. The lowest BCUT2D eigenvalue weighted by molar-refractivity contribution is -0.188. The number of fused-ring (bicyclic) bond motifs is 2. The average Bonchev–Trinajstić information content (AvgIpc) is 3.23. The monoisotopic (exact) mass is 408 g/mol. The third-order valence-corrected chi connectivity index (χ3v) is 8.94. The van der Waals surface area contributed by atoms with Gasteiger partial charge in [-0.3, -0.25) is 9.59 Å². The number of rotatable bonds is 6.